The quantitative estimate of drug-likeness (QED) is 0.737. The Labute approximate surface area is 159 Å². The van der Waals surface area contributed by atoms with Crippen molar-refractivity contribution in [2.75, 3.05) is 48.7 Å². The first-order valence-electron chi connectivity index (χ1n) is 9.37. The first-order chi connectivity index (χ1) is 13.2. The summed E-state index contributed by atoms with van der Waals surface area (Å²) >= 11 is 0. The molecule has 140 valence electrons. The number of nitrogens with one attached hydrogen (secondary N) is 1. The molecule has 0 bridgehead atoms. The Morgan fingerprint density at radius 1 is 1.07 bits per heavy atom. The van der Waals surface area contributed by atoms with Crippen LogP contribution in [0.2, 0.25) is 0 Å². The summed E-state index contributed by atoms with van der Waals surface area (Å²) in [6.07, 6.45) is 1.58. The molecule has 1 aliphatic rings. The standard InChI is InChI=1S/C20H25N7/c1-3-26-9-11-27(12-10-26)20-18(21)19(22-13-23-20)25-17-6-4-5-16-15(17)8-7-14(2)24-16/h4-8,13H,3,9-12,21H2,1-2H3,(H,22,23,25). The molecule has 1 aliphatic heterocycles. The van der Waals surface area contributed by atoms with E-state index in [2.05, 4.69) is 43.1 Å². The molecule has 0 spiro atoms. The number of benzene rings is 1. The number of likely N-dealkylation sites (N-methyl/N-ethyl adjacent to an activating group) is 1. The van der Waals surface area contributed by atoms with Crippen LogP contribution in [0.3, 0.4) is 0 Å². The predicted octanol–water partition coefficient (Wildman–Crippen LogP) is 2.80. The second-order valence-corrected chi connectivity index (χ2v) is 6.83. The van der Waals surface area contributed by atoms with Gasteiger partial charge in [0.25, 0.3) is 0 Å². The average Bonchev–Trinajstić information content (AvgIpc) is 2.69. The molecule has 4 rings (SSSR count). The van der Waals surface area contributed by atoms with Gasteiger partial charge in [0.05, 0.1) is 5.52 Å². The predicted molar refractivity (Wildman–Crippen MR) is 111 cm³/mol. The monoisotopic (exact) mass is 363 g/mol. The van der Waals surface area contributed by atoms with Gasteiger partial charge >= 0.3 is 0 Å². The van der Waals surface area contributed by atoms with Gasteiger partial charge in [0, 0.05) is 42.9 Å². The Hall–Kier alpha value is -2.93. The second kappa shape index (κ2) is 7.36. The summed E-state index contributed by atoms with van der Waals surface area (Å²) in [5.74, 6) is 1.43. The fourth-order valence-corrected chi connectivity index (χ4v) is 3.51. The van der Waals surface area contributed by atoms with Gasteiger partial charge < -0.3 is 20.9 Å². The van der Waals surface area contributed by atoms with Crippen LogP contribution in [0.5, 0.6) is 0 Å². The van der Waals surface area contributed by atoms with Gasteiger partial charge in [0.1, 0.15) is 12.0 Å². The number of aryl methyl sites for hydroxylation is 1. The molecule has 0 amide bonds. The van der Waals surface area contributed by atoms with Crippen LogP contribution >= 0.6 is 0 Å². The highest BCUT2D eigenvalue weighted by Gasteiger charge is 2.20. The molecule has 0 saturated carbocycles. The van der Waals surface area contributed by atoms with Crippen molar-refractivity contribution in [1.82, 2.24) is 19.9 Å². The van der Waals surface area contributed by atoms with E-state index in [-0.39, 0.29) is 0 Å². The number of piperazine rings is 1. The summed E-state index contributed by atoms with van der Waals surface area (Å²) in [7, 11) is 0. The lowest BCUT2D eigenvalue weighted by atomic mass is 10.1. The average molecular weight is 363 g/mol. The zero-order valence-corrected chi connectivity index (χ0v) is 15.8. The summed E-state index contributed by atoms with van der Waals surface area (Å²) in [6.45, 7) is 9.16. The SMILES string of the molecule is CCN1CCN(c2ncnc(Nc3cccc4nc(C)ccc34)c2N)CC1. The molecule has 1 aromatic carbocycles. The van der Waals surface area contributed by atoms with Gasteiger partial charge in [-0.15, -0.1) is 0 Å². The molecule has 27 heavy (non-hydrogen) atoms. The van der Waals surface area contributed by atoms with Crippen molar-refractivity contribution >= 4 is 33.9 Å². The van der Waals surface area contributed by atoms with Crippen molar-refractivity contribution in [2.45, 2.75) is 13.8 Å². The Bertz CT molecular complexity index is 948. The summed E-state index contributed by atoms with van der Waals surface area (Å²) in [5, 5.41) is 4.42. The minimum atomic E-state index is 0.583. The molecule has 1 saturated heterocycles. The van der Waals surface area contributed by atoms with E-state index in [1.807, 2.05) is 31.2 Å². The van der Waals surface area contributed by atoms with E-state index in [9.17, 15) is 0 Å². The van der Waals surface area contributed by atoms with Gasteiger partial charge in [0.15, 0.2) is 11.6 Å². The molecule has 7 heteroatoms. The smallest absolute Gasteiger partial charge is 0.159 e. The summed E-state index contributed by atoms with van der Waals surface area (Å²) < 4.78 is 0. The molecular weight excluding hydrogens is 338 g/mol. The van der Waals surface area contributed by atoms with Crippen LogP contribution in [0, 0.1) is 6.92 Å². The van der Waals surface area contributed by atoms with Crippen LogP contribution in [-0.2, 0) is 0 Å². The van der Waals surface area contributed by atoms with Crippen LogP contribution in [0.15, 0.2) is 36.7 Å². The molecule has 3 aromatic rings. The van der Waals surface area contributed by atoms with Crippen LogP contribution in [0.1, 0.15) is 12.6 Å². The second-order valence-electron chi connectivity index (χ2n) is 6.83. The number of pyridine rings is 1. The third-order valence-corrected chi connectivity index (χ3v) is 5.11. The molecule has 0 unspecified atom stereocenters. The van der Waals surface area contributed by atoms with E-state index in [4.69, 9.17) is 5.73 Å². The van der Waals surface area contributed by atoms with Gasteiger partial charge in [-0.3, -0.25) is 4.98 Å². The lowest BCUT2D eigenvalue weighted by Crippen LogP contribution is -2.46. The number of nitrogens with zero attached hydrogens (tertiary/aromatic N) is 5. The molecule has 2 aromatic heterocycles. The van der Waals surface area contributed by atoms with Gasteiger partial charge in [-0.25, -0.2) is 9.97 Å². The molecule has 3 N–H and O–H groups in total. The number of hydrogen-bond acceptors (Lipinski definition) is 7. The minimum Gasteiger partial charge on any atom is -0.393 e. The highest BCUT2D eigenvalue weighted by Crippen LogP contribution is 2.31. The normalized spacial score (nSPS) is 15.3. The lowest BCUT2D eigenvalue weighted by molar-refractivity contribution is 0.270. The Morgan fingerprint density at radius 2 is 1.89 bits per heavy atom. The van der Waals surface area contributed by atoms with Gasteiger partial charge in [0.2, 0.25) is 0 Å². The maximum absolute atomic E-state index is 6.44. The maximum Gasteiger partial charge on any atom is 0.159 e. The van der Waals surface area contributed by atoms with Crippen LogP contribution in [0.4, 0.5) is 23.0 Å². The molecule has 7 nitrogen and oxygen atoms in total. The van der Waals surface area contributed by atoms with Crippen LogP contribution in [0.25, 0.3) is 10.9 Å². The van der Waals surface area contributed by atoms with Gasteiger partial charge in [-0.05, 0) is 37.7 Å². The number of anilines is 4. The van der Waals surface area contributed by atoms with Crippen LogP contribution < -0.4 is 16.0 Å². The van der Waals surface area contributed by atoms with Crippen molar-refractivity contribution in [3.05, 3.63) is 42.4 Å². The van der Waals surface area contributed by atoms with Gasteiger partial charge in [-0.2, -0.15) is 0 Å². The van der Waals surface area contributed by atoms with E-state index in [0.717, 1.165) is 60.8 Å². The highest BCUT2D eigenvalue weighted by atomic mass is 15.3. The molecule has 0 radical (unpaired) electrons. The number of aromatic nitrogens is 3. The molecule has 1 fully saturated rings. The van der Waals surface area contributed by atoms with Crippen molar-refractivity contribution < 1.29 is 0 Å². The Balaban J connectivity index is 1.62. The minimum absolute atomic E-state index is 0.583. The fraction of sp³-hybridized carbons (Fsp3) is 0.350. The van der Waals surface area contributed by atoms with E-state index < -0.39 is 0 Å². The molecule has 0 aliphatic carbocycles. The van der Waals surface area contributed by atoms with Crippen molar-refractivity contribution in [2.24, 2.45) is 0 Å². The van der Waals surface area contributed by atoms with E-state index in [1.54, 1.807) is 6.33 Å². The number of rotatable bonds is 4. The fourth-order valence-electron chi connectivity index (χ4n) is 3.51. The van der Waals surface area contributed by atoms with E-state index >= 15 is 0 Å². The van der Waals surface area contributed by atoms with Crippen LogP contribution in [-0.4, -0.2) is 52.6 Å². The van der Waals surface area contributed by atoms with Crippen molar-refractivity contribution in [1.29, 1.82) is 0 Å². The zero-order valence-electron chi connectivity index (χ0n) is 15.8. The Kier molecular flexibility index (Phi) is 4.77. The van der Waals surface area contributed by atoms with E-state index in [0.29, 0.717) is 11.5 Å². The number of fused-ring (bicyclic) bond motifs is 1. The number of nitrogen functional groups attached to an aromatic ring is 1. The Morgan fingerprint density at radius 3 is 2.67 bits per heavy atom. The number of nitrogens with two attached hydrogens (primary N) is 1. The largest absolute Gasteiger partial charge is 0.393 e. The highest BCUT2D eigenvalue weighted by molar-refractivity contribution is 5.94. The molecule has 0 atom stereocenters. The first-order valence-corrected chi connectivity index (χ1v) is 9.37. The summed E-state index contributed by atoms with van der Waals surface area (Å²) in [5.41, 5.74) is 9.90. The maximum atomic E-state index is 6.44. The third kappa shape index (κ3) is 3.50. The molecule has 3 heterocycles. The zero-order chi connectivity index (χ0) is 18.8. The lowest BCUT2D eigenvalue weighted by Gasteiger charge is -2.35. The van der Waals surface area contributed by atoms with E-state index in [1.165, 1.54) is 0 Å². The number of hydrogen-bond donors (Lipinski definition) is 2. The van der Waals surface area contributed by atoms with Crippen molar-refractivity contribution in [3.8, 4) is 0 Å². The summed E-state index contributed by atoms with van der Waals surface area (Å²) in [6, 6.07) is 10.1. The topological polar surface area (TPSA) is 83.2 Å². The molecular formula is C20H25N7. The third-order valence-electron chi connectivity index (χ3n) is 5.11. The van der Waals surface area contributed by atoms with Gasteiger partial charge in [-0.1, -0.05) is 13.0 Å². The first kappa shape index (κ1) is 17.5. The summed E-state index contributed by atoms with van der Waals surface area (Å²) in [4.78, 5) is 18.1. The van der Waals surface area contributed by atoms with Crippen molar-refractivity contribution in [3.63, 3.8) is 0 Å².